The van der Waals surface area contributed by atoms with Gasteiger partial charge in [0.25, 0.3) is 5.69 Å². The first kappa shape index (κ1) is 14.7. The minimum absolute atomic E-state index is 0.106. The number of benzene rings is 1. The Labute approximate surface area is 129 Å². The summed E-state index contributed by atoms with van der Waals surface area (Å²) in [6.45, 7) is 3.05. The number of pyridine rings is 1. The van der Waals surface area contributed by atoms with Gasteiger partial charge in [0.1, 0.15) is 5.82 Å². The van der Waals surface area contributed by atoms with Gasteiger partial charge in [-0.05, 0) is 50.6 Å². The molecule has 1 aromatic heterocycles. The molecule has 1 aromatic carbocycles. The number of non-ortho nitro benzene ring substituents is 1. The van der Waals surface area contributed by atoms with Crippen molar-refractivity contribution in [2.24, 2.45) is 5.92 Å². The monoisotopic (exact) mass is 300 g/mol. The Morgan fingerprint density at radius 1 is 1.41 bits per heavy atom. The van der Waals surface area contributed by atoms with Gasteiger partial charge < -0.3 is 10.2 Å². The van der Waals surface area contributed by atoms with Crippen LogP contribution in [0.1, 0.15) is 12.8 Å². The van der Waals surface area contributed by atoms with E-state index < -0.39 is 0 Å². The number of hydrogen-bond donors (Lipinski definition) is 1. The average molecular weight is 300 g/mol. The van der Waals surface area contributed by atoms with Gasteiger partial charge in [-0.3, -0.25) is 10.1 Å². The highest BCUT2D eigenvalue weighted by molar-refractivity contribution is 5.82. The number of fused-ring (bicyclic) bond motifs is 1. The molecule has 3 rings (SSSR count). The second kappa shape index (κ2) is 6.27. The van der Waals surface area contributed by atoms with Gasteiger partial charge >= 0.3 is 0 Å². The summed E-state index contributed by atoms with van der Waals surface area (Å²) in [4.78, 5) is 17.4. The van der Waals surface area contributed by atoms with Crippen molar-refractivity contribution in [3.8, 4) is 0 Å². The Bertz CT molecular complexity index is 687. The Balaban J connectivity index is 1.85. The lowest BCUT2D eigenvalue weighted by Crippen LogP contribution is -2.39. The molecule has 6 nitrogen and oxygen atoms in total. The quantitative estimate of drug-likeness (QED) is 0.694. The SMILES string of the molecule is CNCC1CCCN(c2ccc3cc([N+](=O)[O-])ccc3n2)C1. The summed E-state index contributed by atoms with van der Waals surface area (Å²) >= 11 is 0. The van der Waals surface area contributed by atoms with Crippen LogP contribution in [0.3, 0.4) is 0 Å². The maximum absolute atomic E-state index is 10.8. The molecule has 1 fully saturated rings. The minimum atomic E-state index is -0.375. The standard InChI is InChI=1S/C16H20N4O2/c1-17-10-12-3-2-8-19(11-12)16-7-4-13-9-14(20(21)22)5-6-15(13)18-16/h4-7,9,12,17H,2-3,8,10-11H2,1H3. The fourth-order valence-corrected chi connectivity index (χ4v) is 3.12. The van der Waals surface area contributed by atoms with E-state index in [0.717, 1.165) is 36.4 Å². The maximum atomic E-state index is 10.8. The zero-order valence-electron chi connectivity index (χ0n) is 12.7. The largest absolute Gasteiger partial charge is 0.356 e. The van der Waals surface area contributed by atoms with Crippen molar-refractivity contribution in [1.29, 1.82) is 0 Å². The highest BCUT2D eigenvalue weighted by Gasteiger charge is 2.20. The summed E-state index contributed by atoms with van der Waals surface area (Å²) in [5.74, 6) is 1.61. The van der Waals surface area contributed by atoms with E-state index in [4.69, 9.17) is 0 Å². The first-order valence-electron chi connectivity index (χ1n) is 7.62. The van der Waals surface area contributed by atoms with Crippen LogP contribution in [0.4, 0.5) is 11.5 Å². The Morgan fingerprint density at radius 3 is 3.05 bits per heavy atom. The van der Waals surface area contributed by atoms with E-state index in [1.807, 2.05) is 19.2 Å². The van der Waals surface area contributed by atoms with Gasteiger partial charge in [-0.2, -0.15) is 0 Å². The van der Waals surface area contributed by atoms with E-state index in [-0.39, 0.29) is 10.6 Å². The molecule has 0 spiro atoms. The Hall–Kier alpha value is -2.21. The number of piperidine rings is 1. The number of nitrogens with zero attached hydrogens (tertiary/aromatic N) is 3. The van der Waals surface area contributed by atoms with Crippen molar-refractivity contribution in [2.75, 3.05) is 31.6 Å². The topological polar surface area (TPSA) is 71.3 Å². The number of rotatable bonds is 4. The second-order valence-corrected chi connectivity index (χ2v) is 5.82. The zero-order chi connectivity index (χ0) is 15.5. The van der Waals surface area contributed by atoms with Gasteiger partial charge in [-0.15, -0.1) is 0 Å². The maximum Gasteiger partial charge on any atom is 0.270 e. The van der Waals surface area contributed by atoms with E-state index in [2.05, 4.69) is 15.2 Å². The molecular formula is C16H20N4O2. The fraction of sp³-hybridized carbons (Fsp3) is 0.438. The molecule has 1 saturated heterocycles. The van der Waals surface area contributed by atoms with Gasteiger partial charge in [0, 0.05) is 30.6 Å². The number of hydrogen-bond acceptors (Lipinski definition) is 5. The van der Waals surface area contributed by atoms with Crippen molar-refractivity contribution in [3.05, 3.63) is 40.4 Å². The van der Waals surface area contributed by atoms with Gasteiger partial charge in [0.2, 0.25) is 0 Å². The normalized spacial score (nSPS) is 18.6. The zero-order valence-corrected chi connectivity index (χ0v) is 12.7. The highest BCUT2D eigenvalue weighted by Crippen LogP contribution is 2.25. The minimum Gasteiger partial charge on any atom is -0.356 e. The molecule has 0 radical (unpaired) electrons. The van der Waals surface area contributed by atoms with Crippen molar-refractivity contribution in [2.45, 2.75) is 12.8 Å². The molecule has 1 N–H and O–H groups in total. The molecule has 1 atom stereocenters. The molecular weight excluding hydrogens is 280 g/mol. The first-order valence-corrected chi connectivity index (χ1v) is 7.62. The van der Waals surface area contributed by atoms with E-state index in [1.54, 1.807) is 12.1 Å². The predicted octanol–water partition coefficient (Wildman–Crippen LogP) is 2.58. The van der Waals surface area contributed by atoms with Gasteiger partial charge in [-0.1, -0.05) is 0 Å². The summed E-state index contributed by atoms with van der Waals surface area (Å²) in [7, 11) is 1.99. The van der Waals surface area contributed by atoms with Crippen LogP contribution in [0.25, 0.3) is 10.9 Å². The average Bonchev–Trinajstić information content (AvgIpc) is 2.54. The second-order valence-electron chi connectivity index (χ2n) is 5.82. The van der Waals surface area contributed by atoms with Crippen LogP contribution in [0.15, 0.2) is 30.3 Å². The molecule has 1 aliphatic heterocycles. The van der Waals surface area contributed by atoms with Crippen molar-refractivity contribution in [3.63, 3.8) is 0 Å². The molecule has 116 valence electrons. The lowest BCUT2D eigenvalue weighted by molar-refractivity contribution is -0.384. The molecule has 0 aliphatic carbocycles. The summed E-state index contributed by atoms with van der Waals surface area (Å²) < 4.78 is 0. The smallest absolute Gasteiger partial charge is 0.270 e. The van der Waals surface area contributed by atoms with Gasteiger partial charge in [0.05, 0.1) is 10.4 Å². The number of anilines is 1. The Kier molecular flexibility index (Phi) is 4.20. The first-order chi connectivity index (χ1) is 10.7. The molecule has 1 aliphatic rings. The molecule has 2 heterocycles. The van der Waals surface area contributed by atoms with Crippen LogP contribution >= 0.6 is 0 Å². The lowest BCUT2D eigenvalue weighted by Gasteiger charge is -2.33. The number of aromatic nitrogens is 1. The van der Waals surface area contributed by atoms with Gasteiger partial charge in [0.15, 0.2) is 0 Å². The molecule has 0 saturated carbocycles. The summed E-state index contributed by atoms with van der Waals surface area (Å²) in [6, 6.07) is 8.71. The third-order valence-corrected chi connectivity index (χ3v) is 4.20. The van der Waals surface area contributed by atoms with Crippen molar-refractivity contribution < 1.29 is 4.92 Å². The highest BCUT2D eigenvalue weighted by atomic mass is 16.6. The van der Waals surface area contributed by atoms with E-state index in [9.17, 15) is 10.1 Å². The lowest BCUT2D eigenvalue weighted by atomic mass is 9.98. The third kappa shape index (κ3) is 3.01. The summed E-state index contributed by atoms with van der Waals surface area (Å²) in [5.41, 5.74) is 0.910. The van der Waals surface area contributed by atoms with Crippen molar-refractivity contribution in [1.82, 2.24) is 10.3 Å². The summed E-state index contributed by atoms with van der Waals surface area (Å²) in [5, 5.41) is 14.9. The number of nitrogens with one attached hydrogen (secondary N) is 1. The van der Waals surface area contributed by atoms with Crippen LogP contribution in [-0.2, 0) is 0 Å². The molecule has 22 heavy (non-hydrogen) atoms. The molecule has 1 unspecified atom stereocenters. The van der Waals surface area contributed by atoms with Gasteiger partial charge in [-0.25, -0.2) is 4.98 Å². The Morgan fingerprint density at radius 2 is 2.27 bits per heavy atom. The van der Waals surface area contributed by atoms with Crippen LogP contribution < -0.4 is 10.2 Å². The molecule has 2 aromatic rings. The van der Waals surface area contributed by atoms with Crippen LogP contribution in [0, 0.1) is 16.0 Å². The molecule has 6 heteroatoms. The van der Waals surface area contributed by atoms with Crippen molar-refractivity contribution >= 4 is 22.4 Å². The summed E-state index contributed by atoms with van der Waals surface area (Å²) in [6.07, 6.45) is 2.42. The number of nitro groups is 1. The van der Waals surface area contributed by atoms with Crippen LogP contribution in [0.2, 0.25) is 0 Å². The predicted molar refractivity (Wildman–Crippen MR) is 87.3 cm³/mol. The third-order valence-electron chi connectivity index (χ3n) is 4.20. The van der Waals surface area contributed by atoms with E-state index >= 15 is 0 Å². The van der Waals surface area contributed by atoms with Crippen LogP contribution in [-0.4, -0.2) is 36.6 Å². The number of nitro benzene ring substituents is 1. The van der Waals surface area contributed by atoms with E-state index in [0.29, 0.717) is 5.92 Å². The molecule has 0 amide bonds. The van der Waals surface area contributed by atoms with E-state index in [1.165, 1.54) is 18.9 Å². The van der Waals surface area contributed by atoms with Crippen LogP contribution in [0.5, 0.6) is 0 Å². The fourth-order valence-electron chi connectivity index (χ4n) is 3.12. The molecule has 0 bridgehead atoms.